The summed E-state index contributed by atoms with van der Waals surface area (Å²) < 4.78 is 10.7. The lowest BCUT2D eigenvalue weighted by Crippen LogP contribution is -2.42. The van der Waals surface area contributed by atoms with Crippen molar-refractivity contribution in [1.82, 2.24) is 15.2 Å². The summed E-state index contributed by atoms with van der Waals surface area (Å²) in [5.41, 5.74) is 0.451. The number of hydrogen-bond donors (Lipinski definition) is 1. The van der Waals surface area contributed by atoms with E-state index in [-0.39, 0.29) is 18.0 Å². The molecule has 0 saturated carbocycles. The largest absolute Gasteiger partial charge is 0.481 e. The molecule has 0 bridgehead atoms. The number of nitrogens with one attached hydrogen (secondary N) is 1. The lowest BCUT2D eigenvalue weighted by molar-refractivity contribution is 0.0178. The molecule has 1 saturated heterocycles. The Morgan fingerprint density at radius 1 is 1.22 bits per heavy atom. The highest BCUT2D eigenvalue weighted by atomic mass is 32.1. The zero-order valence-electron chi connectivity index (χ0n) is 19.5. The molecule has 1 N–H and O–H groups in total. The van der Waals surface area contributed by atoms with Gasteiger partial charge in [0.2, 0.25) is 5.88 Å². The second kappa shape index (κ2) is 10.3. The molecule has 32 heavy (non-hydrogen) atoms. The van der Waals surface area contributed by atoms with Crippen LogP contribution in [0.15, 0.2) is 30.5 Å². The maximum Gasteiger partial charge on any atom is 0.410 e. The standard InChI is InChI=1S/C24H33N3O4S/c1-16-6-8-20(32-16)22(28)26-19(18-7-9-21(30-5)25-15-18)14-17-10-12-27(13-11-17)23(29)31-24(2,3)4/h6-9,15,17,19H,10-14H2,1-5H3,(H,26,28)/t19-/m0/s1. The van der Waals surface area contributed by atoms with Gasteiger partial charge in [-0.3, -0.25) is 4.79 Å². The first-order chi connectivity index (χ1) is 15.1. The molecule has 1 aliphatic heterocycles. The average Bonchev–Trinajstić information content (AvgIpc) is 3.19. The Kier molecular flexibility index (Phi) is 7.77. The second-order valence-corrected chi connectivity index (χ2v) is 10.5. The van der Waals surface area contributed by atoms with Gasteiger partial charge in [0, 0.05) is 30.2 Å². The van der Waals surface area contributed by atoms with Crippen LogP contribution in [0.2, 0.25) is 0 Å². The number of rotatable bonds is 6. The van der Waals surface area contributed by atoms with Gasteiger partial charge < -0.3 is 19.7 Å². The second-order valence-electron chi connectivity index (χ2n) is 9.22. The first kappa shape index (κ1) is 24.0. The fourth-order valence-corrected chi connectivity index (χ4v) is 4.56. The van der Waals surface area contributed by atoms with Crippen molar-refractivity contribution in [3.63, 3.8) is 0 Å². The van der Waals surface area contributed by atoms with Gasteiger partial charge in [0.1, 0.15) is 5.60 Å². The van der Waals surface area contributed by atoms with E-state index >= 15 is 0 Å². The van der Waals surface area contributed by atoms with E-state index in [1.165, 1.54) is 11.3 Å². The van der Waals surface area contributed by atoms with Crippen LogP contribution in [-0.2, 0) is 4.74 Å². The van der Waals surface area contributed by atoms with Gasteiger partial charge in [0.05, 0.1) is 18.0 Å². The van der Waals surface area contributed by atoms with Crippen LogP contribution in [0.3, 0.4) is 0 Å². The molecule has 3 rings (SSSR count). The van der Waals surface area contributed by atoms with Crippen molar-refractivity contribution in [3.05, 3.63) is 45.8 Å². The van der Waals surface area contributed by atoms with Crippen molar-refractivity contribution in [2.45, 2.75) is 58.6 Å². The number of carbonyl (C=O) groups is 2. The number of aromatic nitrogens is 1. The lowest BCUT2D eigenvalue weighted by Gasteiger charge is -2.34. The van der Waals surface area contributed by atoms with Crippen molar-refractivity contribution in [2.75, 3.05) is 20.2 Å². The fourth-order valence-electron chi connectivity index (χ4n) is 3.79. The maximum atomic E-state index is 12.9. The minimum atomic E-state index is -0.495. The minimum absolute atomic E-state index is 0.0740. The molecule has 0 radical (unpaired) electrons. The predicted molar refractivity (Wildman–Crippen MR) is 125 cm³/mol. The molecular formula is C24H33N3O4S. The van der Waals surface area contributed by atoms with E-state index in [4.69, 9.17) is 9.47 Å². The highest BCUT2D eigenvalue weighted by Crippen LogP contribution is 2.30. The van der Waals surface area contributed by atoms with Crippen molar-refractivity contribution >= 4 is 23.3 Å². The van der Waals surface area contributed by atoms with Crippen molar-refractivity contribution in [2.24, 2.45) is 5.92 Å². The maximum absolute atomic E-state index is 12.9. The molecule has 0 unspecified atom stereocenters. The van der Waals surface area contributed by atoms with Crippen LogP contribution in [0.1, 0.15) is 66.2 Å². The molecule has 8 heteroatoms. The molecule has 2 aromatic rings. The summed E-state index contributed by atoms with van der Waals surface area (Å²) in [6.45, 7) is 8.94. The van der Waals surface area contributed by atoms with Gasteiger partial charge in [-0.25, -0.2) is 9.78 Å². The lowest BCUT2D eigenvalue weighted by atomic mass is 9.88. The van der Waals surface area contributed by atoms with E-state index in [9.17, 15) is 9.59 Å². The fraction of sp³-hybridized carbons (Fsp3) is 0.542. The average molecular weight is 460 g/mol. The van der Waals surface area contributed by atoms with Crippen molar-refractivity contribution in [3.8, 4) is 5.88 Å². The van der Waals surface area contributed by atoms with Crippen LogP contribution in [-0.4, -0.2) is 47.7 Å². The topological polar surface area (TPSA) is 80.8 Å². The molecule has 0 aliphatic carbocycles. The van der Waals surface area contributed by atoms with Crippen LogP contribution in [0.4, 0.5) is 4.79 Å². The first-order valence-electron chi connectivity index (χ1n) is 11.0. The molecule has 174 valence electrons. The quantitative estimate of drug-likeness (QED) is 0.660. The highest BCUT2D eigenvalue weighted by molar-refractivity contribution is 7.13. The smallest absolute Gasteiger partial charge is 0.410 e. The number of nitrogens with zero attached hydrogens (tertiary/aromatic N) is 2. The highest BCUT2D eigenvalue weighted by Gasteiger charge is 2.29. The number of ether oxygens (including phenoxy) is 2. The number of pyridine rings is 1. The summed E-state index contributed by atoms with van der Waals surface area (Å²) >= 11 is 1.49. The van der Waals surface area contributed by atoms with Gasteiger partial charge in [0.15, 0.2) is 0 Å². The Labute approximate surface area is 194 Å². The van der Waals surface area contributed by atoms with E-state index < -0.39 is 5.60 Å². The molecule has 7 nitrogen and oxygen atoms in total. The number of aryl methyl sites for hydroxylation is 1. The Morgan fingerprint density at radius 3 is 2.47 bits per heavy atom. The molecule has 0 spiro atoms. The Bertz CT molecular complexity index is 912. The zero-order valence-corrected chi connectivity index (χ0v) is 20.3. The number of carbonyl (C=O) groups excluding carboxylic acids is 2. The van der Waals surface area contributed by atoms with Crippen molar-refractivity contribution < 1.29 is 19.1 Å². The monoisotopic (exact) mass is 459 g/mol. The van der Waals surface area contributed by atoms with Gasteiger partial charge in [0.25, 0.3) is 5.91 Å². The molecule has 2 aromatic heterocycles. The number of thiophene rings is 1. The van der Waals surface area contributed by atoms with E-state index in [0.717, 1.165) is 29.7 Å². The summed E-state index contributed by atoms with van der Waals surface area (Å²) in [4.78, 5) is 33.1. The normalized spacial score (nSPS) is 15.8. The van der Waals surface area contributed by atoms with Crippen LogP contribution in [0.5, 0.6) is 5.88 Å². The number of likely N-dealkylation sites (tertiary alicyclic amines) is 1. The summed E-state index contributed by atoms with van der Waals surface area (Å²) in [7, 11) is 1.58. The van der Waals surface area contributed by atoms with Crippen LogP contribution >= 0.6 is 11.3 Å². The third kappa shape index (κ3) is 6.69. The summed E-state index contributed by atoms with van der Waals surface area (Å²) in [5.74, 6) is 0.847. The van der Waals surface area contributed by atoms with Gasteiger partial charge >= 0.3 is 6.09 Å². The van der Waals surface area contributed by atoms with Gasteiger partial charge in [-0.2, -0.15) is 0 Å². The summed E-state index contributed by atoms with van der Waals surface area (Å²) in [6.07, 6.45) is 4.03. The number of methoxy groups -OCH3 is 1. The third-order valence-corrected chi connectivity index (χ3v) is 6.47. The van der Waals surface area contributed by atoms with Crippen molar-refractivity contribution in [1.29, 1.82) is 0 Å². The Balaban J connectivity index is 1.66. The van der Waals surface area contributed by atoms with E-state index in [1.54, 1.807) is 18.2 Å². The molecule has 1 atom stereocenters. The number of hydrogen-bond acceptors (Lipinski definition) is 6. The third-order valence-electron chi connectivity index (χ3n) is 5.48. The SMILES string of the molecule is COc1ccc([C@H](CC2CCN(C(=O)OC(C)(C)C)CC2)NC(=O)c2ccc(C)s2)cn1. The molecule has 3 heterocycles. The van der Waals surface area contributed by atoms with E-state index in [0.29, 0.717) is 29.8 Å². The predicted octanol–water partition coefficient (Wildman–Crippen LogP) is 4.97. The molecule has 0 aromatic carbocycles. The van der Waals surface area contributed by atoms with E-state index in [2.05, 4.69) is 10.3 Å². The Hall–Kier alpha value is -2.61. The molecule has 1 fully saturated rings. The van der Waals surface area contributed by atoms with Gasteiger partial charge in [-0.1, -0.05) is 6.07 Å². The minimum Gasteiger partial charge on any atom is -0.481 e. The first-order valence-corrected chi connectivity index (χ1v) is 11.8. The van der Waals surface area contributed by atoms with Gasteiger partial charge in [-0.15, -0.1) is 11.3 Å². The van der Waals surface area contributed by atoms with Crippen LogP contribution in [0, 0.1) is 12.8 Å². The molecular weight excluding hydrogens is 426 g/mol. The summed E-state index contributed by atoms with van der Waals surface area (Å²) in [6, 6.07) is 7.41. The summed E-state index contributed by atoms with van der Waals surface area (Å²) in [5, 5.41) is 3.20. The Morgan fingerprint density at radius 2 is 1.94 bits per heavy atom. The zero-order chi connectivity index (χ0) is 23.3. The molecule has 2 amide bonds. The van der Waals surface area contributed by atoms with E-state index in [1.807, 2.05) is 52.0 Å². The van der Waals surface area contributed by atoms with Gasteiger partial charge in [-0.05, 0) is 70.6 Å². The number of amides is 2. The van der Waals surface area contributed by atoms with Crippen LogP contribution in [0.25, 0.3) is 0 Å². The van der Waals surface area contributed by atoms with Crippen LogP contribution < -0.4 is 10.1 Å². The number of piperidine rings is 1. The molecule has 1 aliphatic rings.